The van der Waals surface area contributed by atoms with E-state index in [-0.39, 0.29) is 30.5 Å². The van der Waals surface area contributed by atoms with Gasteiger partial charge in [0.15, 0.2) is 0 Å². The highest BCUT2D eigenvalue weighted by molar-refractivity contribution is 6.07. The summed E-state index contributed by atoms with van der Waals surface area (Å²) in [5.41, 5.74) is 8.60. The van der Waals surface area contributed by atoms with Crippen molar-refractivity contribution >= 4 is 90.8 Å². The Morgan fingerprint density at radius 1 is 0.400 bits per heavy atom. The normalized spacial score (nSPS) is 20.9. The van der Waals surface area contributed by atoms with E-state index >= 15 is 0 Å². The second-order valence-electron chi connectivity index (χ2n) is 26.3. The monoisotopic (exact) mass is 1300 g/mol. The van der Waals surface area contributed by atoms with Gasteiger partial charge in [0, 0.05) is 102 Å². The summed E-state index contributed by atoms with van der Waals surface area (Å²) in [6, 6.07) is 9.46. The maximum Gasteiger partial charge on any atom is 0.341 e. The molecule has 0 saturated heterocycles. The summed E-state index contributed by atoms with van der Waals surface area (Å²) in [6.45, 7) is 11.8. The van der Waals surface area contributed by atoms with E-state index in [0.717, 1.165) is 123 Å². The number of fused-ring (bicyclic) bond motifs is 4. The summed E-state index contributed by atoms with van der Waals surface area (Å²) in [4.78, 5) is 78.8. The van der Waals surface area contributed by atoms with E-state index < -0.39 is 0 Å². The Morgan fingerprint density at radius 2 is 0.705 bits per heavy atom. The van der Waals surface area contributed by atoms with Gasteiger partial charge in [-0.05, 0) is 113 Å². The van der Waals surface area contributed by atoms with Crippen molar-refractivity contribution in [2.45, 2.75) is 206 Å². The first-order valence-electron chi connectivity index (χ1n) is 35.3. The Labute approximate surface area is 559 Å². The lowest BCUT2D eigenvalue weighted by Gasteiger charge is -2.31. The summed E-state index contributed by atoms with van der Waals surface area (Å²) in [6.07, 6.45) is 42.1. The van der Waals surface area contributed by atoms with Crippen molar-refractivity contribution < 1.29 is 42.9 Å². The fraction of sp³-hybridized carbons (Fsp3) is 0.568. The van der Waals surface area contributed by atoms with Crippen LogP contribution < -0.4 is 21.3 Å². The van der Waals surface area contributed by atoms with Gasteiger partial charge in [-0.25, -0.2) is 39.1 Å². The number of carbonyl (C=O) groups excluding carboxylic acids is 4. The van der Waals surface area contributed by atoms with Gasteiger partial charge in [-0.2, -0.15) is 0 Å². The van der Waals surface area contributed by atoms with Crippen LogP contribution in [0.5, 0.6) is 0 Å². The predicted octanol–water partition coefficient (Wildman–Crippen LogP) is 16.5. The average molecular weight is 1310 g/mol. The number of esters is 4. The first-order chi connectivity index (χ1) is 46.4. The Kier molecular flexibility index (Phi) is 27.0. The topological polar surface area (TPSA) is 277 Å². The molecule has 8 aromatic heterocycles. The van der Waals surface area contributed by atoms with Crippen LogP contribution in [0.4, 0.5) is 22.7 Å². The number of rotatable bonds is 24. The van der Waals surface area contributed by atoms with Crippen molar-refractivity contribution in [2.75, 3.05) is 62.4 Å². The van der Waals surface area contributed by atoms with Crippen LogP contribution in [0.2, 0.25) is 0 Å². The Morgan fingerprint density at radius 3 is 1.01 bits per heavy atom. The zero-order chi connectivity index (χ0) is 67.1. The van der Waals surface area contributed by atoms with Crippen LogP contribution in [-0.4, -0.2) is 129 Å². The quantitative estimate of drug-likeness (QED) is 0.0159. The number of aromatic nitrogens is 8. The van der Waals surface area contributed by atoms with Gasteiger partial charge in [-0.1, -0.05) is 118 Å². The van der Waals surface area contributed by atoms with Crippen molar-refractivity contribution in [1.82, 2.24) is 39.9 Å². The minimum absolute atomic E-state index is 0.238. The van der Waals surface area contributed by atoms with Crippen molar-refractivity contribution in [2.24, 2.45) is 23.7 Å². The van der Waals surface area contributed by atoms with Gasteiger partial charge < -0.3 is 64.9 Å². The summed E-state index contributed by atoms with van der Waals surface area (Å²) in [5, 5.41) is 18.3. The number of carbonyl (C=O) groups is 4. The molecular weight excluding hydrogens is 1200 g/mol. The molecule has 0 aromatic carbocycles. The highest BCUT2D eigenvalue weighted by Gasteiger charge is 2.30. The molecule has 0 spiro atoms. The van der Waals surface area contributed by atoms with Gasteiger partial charge >= 0.3 is 23.9 Å². The first kappa shape index (κ1) is 71.1. The van der Waals surface area contributed by atoms with E-state index in [1.165, 1.54) is 130 Å². The Hall–Kier alpha value is -8.20. The molecule has 8 N–H and O–H groups in total. The Bertz CT molecular complexity index is 3600. The molecule has 4 saturated carbocycles. The molecule has 0 amide bonds. The Balaban J connectivity index is 0.000000149. The molecule has 514 valence electrons. The predicted molar refractivity (Wildman–Crippen MR) is 378 cm³/mol. The lowest BCUT2D eigenvalue weighted by molar-refractivity contribution is 0.0388. The van der Waals surface area contributed by atoms with Crippen LogP contribution in [0.1, 0.15) is 224 Å². The summed E-state index contributed by atoms with van der Waals surface area (Å²) in [7, 11) is 4.40. The molecule has 95 heavy (non-hydrogen) atoms. The third-order valence-electron chi connectivity index (χ3n) is 19.5. The number of anilines is 4. The average Bonchev–Trinajstić information content (AvgIpc) is 1.84. The number of aromatic amines is 4. The molecule has 12 rings (SSSR count). The standard InChI is InChI=1S/C20H29N3O3.3C18H25N3O2/c1-3-5-14-6-4-7-15(12-14)23-18-16-8-9-21-19(16)22-13-17(18)20(24)26-11-10-25-2;2*1-3-5-12-6-4-7-13(10-12)21-16-14-8-9-19-17(14)20-11-15(16)18(22)23-2;1-3-5-12-6-7-13(10-12)21-16-14-8-9-19-17(14)20-11-15(16)18(22)23-4-2/h8-9,13-15H,3-7,10-12H2,1-2H3,(H2,21,22,23);3*8-9,11-13H,3-7,10H2,1-2H3,(H2,19,20,21)/t14-,15+;12-,13+;12-,13-;/m000./s1. The van der Waals surface area contributed by atoms with Crippen LogP contribution in [-0.2, 0) is 23.7 Å². The molecule has 4 aliphatic carbocycles. The van der Waals surface area contributed by atoms with Crippen molar-refractivity contribution in [3.63, 3.8) is 0 Å². The molecule has 21 heteroatoms. The lowest BCUT2D eigenvalue weighted by atomic mass is 9.83. The van der Waals surface area contributed by atoms with Gasteiger partial charge in [0.05, 0.1) is 50.2 Å². The first-order valence-corrected chi connectivity index (χ1v) is 35.3. The molecule has 2 unspecified atom stereocenters. The molecular formula is C74H104N12O9. The fourth-order valence-corrected chi connectivity index (χ4v) is 15.0. The van der Waals surface area contributed by atoms with Gasteiger partial charge in [0.25, 0.3) is 0 Å². The number of nitrogens with zero attached hydrogens (tertiary/aromatic N) is 4. The highest BCUT2D eigenvalue weighted by Crippen LogP contribution is 2.38. The van der Waals surface area contributed by atoms with E-state index in [0.29, 0.717) is 59.6 Å². The van der Waals surface area contributed by atoms with E-state index in [2.05, 4.69) is 88.8 Å². The van der Waals surface area contributed by atoms with E-state index in [4.69, 9.17) is 23.7 Å². The van der Waals surface area contributed by atoms with Gasteiger partial charge in [0.2, 0.25) is 0 Å². The molecule has 21 nitrogen and oxygen atoms in total. The number of hydrogen-bond donors (Lipinski definition) is 8. The molecule has 0 radical (unpaired) electrons. The van der Waals surface area contributed by atoms with E-state index in [1.807, 2.05) is 56.0 Å². The van der Waals surface area contributed by atoms with Gasteiger partial charge in [0.1, 0.15) is 51.4 Å². The molecule has 8 heterocycles. The zero-order valence-corrected chi connectivity index (χ0v) is 57.4. The van der Waals surface area contributed by atoms with Crippen LogP contribution in [0, 0.1) is 23.7 Å². The molecule has 4 aliphatic rings. The molecule has 8 aromatic rings. The van der Waals surface area contributed by atoms with Crippen molar-refractivity contribution in [3.8, 4) is 0 Å². The zero-order valence-electron chi connectivity index (χ0n) is 57.4. The summed E-state index contributed by atoms with van der Waals surface area (Å²) >= 11 is 0. The number of ether oxygens (including phenoxy) is 5. The molecule has 0 aliphatic heterocycles. The largest absolute Gasteiger partial charge is 0.465 e. The van der Waals surface area contributed by atoms with Crippen LogP contribution in [0.25, 0.3) is 44.1 Å². The third kappa shape index (κ3) is 18.8. The third-order valence-corrected chi connectivity index (χ3v) is 19.5. The highest BCUT2D eigenvalue weighted by atomic mass is 16.6. The smallest absolute Gasteiger partial charge is 0.341 e. The van der Waals surface area contributed by atoms with Crippen molar-refractivity contribution in [3.05, 3.63) is 96.1 Å². The summed E-state index contributed by atoms with van der Waals surface area (Å²) < 4.78 is 25.3. The second-order valence-corrected chi connectivity index (χ2v) is 26.3. The summed E-state index contributed by atoms with van der Waals surface area (Å²) in [5.74, 6) is 1.79. The van der Waals surface area contributed by atoms with Gasteiger partial charge in [-0.3, -0.25) is 0 Å². The number of pyridine rings is 4. The minimum Gasteiger partial charge on any atom is -0.465 e. The SMILES string of the molecule is CCCC1CCC(Nc2c(C(=O)OCC)cnc3[nH]ccc23)C1.CCC[C@H]1CCC[C@@H](Nc2c(C(=O)OC)cnc3[nH]ccc23)C1.CCC[C@H]1CCC[C@@H](Nc2c(C(=O)OCCOC)cnc3[nH]ccc23)C1.CCC[C@H]1CCC[C@H](Nc2c(C(=O)OC)cnc3[nH]ccc23)C1. The van der Waals surface area contributed by atoms with E-state index in [9.17, 15) is 19.2 Å². The maximum atomic E-state index is 12.5. The molecule has 4 fully saturated rings. The minimum atomic E-state index is -0.360. The maximum absolute atomic E-state index is 12.5. The van der Waals surface area contributed by atoms with Crippen molar-refractivity contribution in [1.29, 1.82) is 0 Å². The molecule has 0 bridgehead atoms. The second kappa shape index (κ2) is 36.1. The molecule has 8 atom stereocenters. The van der Waals surface area contributed by atoms with Crippen LogP contribution >= 0.6 is 0 Å². The number of H-pyrrole nitrogens is 4. The number of hydrogen-bond acceptors (Lipinski definition) is 17. The number of methoxy groups -OCH3 is 3. The van der Waals surface area contributed by atoms with Gasteiger partial charge in [-0.15, -0.1) is 0 Å². The lowest BCUT2D eigenvalue weighted by Crippen LogP contribution is -2.28. The number of nitrogens with one attached hydrogen (secondary N) is 8. The van der Waals surface area contributed by atoms with Crippen LogP contribution in [0.15, 0.2) is 73.8 Å². The fourth-order valence-electron chi connectivity index (χ4n) is 15.0. The van der Waals surface area contributed by atoms with E-state index in [1.54, 1.807) is 31.9 Å². The van der Waals surface area contributed by atoms with Crippen LogP contribution in [0.3, 0.4) is 0 Å².